The second kappa shape index (κ2) is 7.81. The Kier molecular flexibility index (Phi) is 5.33. The first-order chi connectivity index (χ1) is 14.3. The molecule has 4 rings (SSSR count). The lowest BCUT2D eigenvalue weighted by Gasteiger charge is -2.47. The van der Waals surface area contributed by atoms with Gasteiger partial charge in [-0.2, -0.15) is 4.31 Å². The van der Waals surface area contributed by atoms with Gasteiger partial charge in [-0.25, -0.2) is 12.8 Å². The topological polar surface area (TPSA) is 78.0 Å². The Hall–Kier alpha value is -2.78. The lowest BCUT2D eigenvalue weighted by atomic mass is 9.97. The van der Waals surface area contributed by atoms with Gasteiger partial charge in [0.05, 0.1) is 4.90 Å². The molecule has 2 aromatic rings. The second-order valence-corrected chi connectivity index (χ2v) is 9.46. The number of sulfonamides is 1. The number of amides is 2. The van der Waals surface area contributed by atoms with Crippen LogP contribution in [-0.4, -0.2) is 73.1 Å². The molecule has 2 saturated heterocycles. The summed E-state index contributed by atoms with van der Waals surface area (Å²) in [7, 11) is -2.40. The van der Waals surface area contributed by atoms with Crippen LogP contribution in [0.3, 0.4) is 0 Å². The fourth-order valence-corrected chi connectivity index (χ4v) is 5.50. The highest BCUT2D eigenvalue weighted by atomic mass is 32.2. The van der Waals surface area contributed by atoms with Gasteiger partial charge in [0.1, 0.15) is 17.9 Å². The van der Waals surface area contributed by atoms with E-state index >= 15 is 0 Å². The van der Waals surface area contributed by atoms with Crippen LogP contribution in [0, 0.1) is 5.82 Å². The predicted octanol–water partition coefficient (Wildman–Crippen LogP) is 1.11. The fourth-order valence-electron chi connectivity index (χ4n) is 4.04. The van der Waals surface area contributed by atoms with E-state index in [1.807, 2.05) is 30.3 Å². The Labute approximate surface area is 174 Å². The van der Waals surface area contributed by atoms with E-state index in [2.05, 4.69) is 0 Å². The quantitative estimate of drug-likeness (QED) is 0.727. The number of fused-ring (bicyclic) bond motifs is 1. The smallest absolute Gasteiger partial charge is 0.247 e. The molecule has 0 radical (unpaired) electrons. The molecule has 2 aromatic carbocycles. The maximum absolute atomic E-state index is 13.5. The van der Waals surface area contributed by atoms with Crippen molar-refractivity contribution in [2.24, 2.45) is 0 Å². The first-order valence-corrected chi connectivity index (χ1v) is 11.1. The van der Waals surface area contributed by atoms with Crippen molar-refractivity contribution in [1.29, 1.82) is 0 Å². The summed E-state index contributed by atoms with van der Waals surface area (Å²) >= 11 is 0. The van der Waals surface area contributed by atoms with Crippen LogP contribution in [-0.2, 0) is 26.0 Å². The number of benzene rings is 2. The highest BCUT2D eigenvalue weighted by Gasteiger charge is 2.48. The normalized spacial score (nSPS) is 22.9. The minimum atomic E-state index is -3.97. The first kappa shape index (κ1) is 20.5. The number of hydrogen-bond acceptors (Lipinski definition) is 4. The van der Waals surface area contributed by atoms with E-state index in [1.54, 1.807) is 7.05 Å². The number of piperazine rings is 2. The number of halogens is 1. The van der Waals surface area contributed by atoms with Crippen molar-refractivity contribution in [3.63, 3.8) is 0 Å². The summed E-state index contributed by atoms with van der Waals surface area (Å²) in [4.78, 5) is 28.9. The van der Waals surface area contributed by atoms with E-state index in [4.69, 9.17) is 0 Å². The van der Waals surface area contributed by atoms with E-state index in [0.717, 1.165) is 15.9 Å². The zero-order valence-electron chi connectivity index (χ0n) is 16.4. The number of carbonyl (C=O) groups excluding carboxylic acids is 2. The van der Waals surface area contributed by atoms with Crippen molar-refractivity contribution in [2.45, 2.75) is 23.4 Å². The zero-order valence-corrected chi connectivity index (χ0v) is 17.3. The SMILES string of the molecule is CN1C(=O)[C@@H]2CN(S(=O)(=O)c3cccc(F)c3)CCN2C(=O)[C@@H]1Cc1ccccc1. The molecule has 2 heterocycles. The van der Waals surface area contributed by atoms with Gasteiger partial charge in [-0.05, 0) is 23.8 Å². The van der Waals surface area contributed by atoms with E-state index in [-0.39, 0.29) is 36.3 Å². The fraction of sp³-hybridized carbons (Fsp3) is 0.333. The second-order valence-electron chi connectivity index (χ2n) is 7.52. The number of carbonyl (C=O) groups is 2. The first-order valence-electron chi connectivity index (χ1n) is 9.66. The summed E-state index contributed by atoms with van der Waals surface area (Å²) in [6.07, 6.45) is 0.399. The van der Waals surface area contributed by atoms with Crippen LogP contribution in [0.25, 0.3) is 0 Å². The molecule has 0 bridgehead atoms. The Morgan fingerprint density at radius 2 is 1.73 bits per heavy atom. The number of hydrogen-bond donors (Lipinski definition) is 0. The summed E-state index contributed by atoms with van der Waals surface area (Å²) in [6, 6.07) is 12.7. The molecule has 2 fully saturated rings. The summed E-state index contributed by atoms with van der Waals surface area (Å²) in [5, 5.41) is 0. The molecule has 0 spiro atoms. The molecule has 0 aromatic heterocycles. The third-order valence-corrected chi connectivity index (χ3v) is 7.58. The Balaban J connectivity index is 1.55. The largest absolute Gasteiger partial charge is 0.332 e. The molecule has 0 saturated carbocycles. The van der Waals surface area contributed by atoms with Gasteiger partial charge in [-0.3, -0.25) is 9.59 Å². The van der Waals surface area contributed by atoms with Crippen molar-refractivity contribution >= 4 is 21.8 Å². The maximum atomic E-state index is 13.5. The van der Waals surface area contributed by atoms with Crippen LogP contribution in [0.5, 0.6) is 0 Å². The molecule has 2 atom stereocenters. The molecule has 0 N–H and O–H groups in total. The van der Waals surface area contributed by atoms with E-state index < -0.39 is 27.9 Å². The van der Waals surface area contributed by atoms with Crippen molar-refractivity contribution in [1.82, 2.24) is 14.1 Å². The van der Waals surface area contributed by atoms with Gasteiger partial charge < -0.3 is 9.80 Å². The van der Waals surface area contributed by atoms with Gasteiger partial charge in [-0.1, -0.05) is 36.4 Å². The molecule has 0 unspecified atom stereocenters. The molecule has 0 aliphatic carbocycles. The van der Waals surface area contributed by atoms with Crippen LogP contribution in [0.2, 0.25) is 0 Å². The van der Waals surface area contributed by atoms with Gasteiger partial charge in [0.15, 0.2) is 0 Å². The van der Waals surface area contributed by atoms with Crippen molar-refractivity contribution in [3.8, 4) is 0 Å². The number of rotatable bonds is 4. The molecule has 30 heavy (non-hydrogen) atoms. The summed E-state index contributed by atoms with van der Waals surface area (Å²) < 4.78 is 40.5. The standard InChI is InChI=1S/C21H22FN3O4S/c1-23-18(12-15-6-3-2-4-7-15)21(27)25-11-10-24(14-19(25)20(23)26)30(28,29)17-9-5-8-16(22)13-17/h2-9,13,18-19H,10-12,14H2,1H3/t18-,19-/m0/s1. The molecular weight excluding hydrogens is 409 g/mol. The Bertz CT molecular complexity index is 1080. The number of nitrogens with zero attached hydrogens (tertiary/aromatic N) is 3. The number of likely N-dealkylation sites (N-methyl/N-ethyl adjacent to an activating group) is 1. The van der Waals surface area contributed by atoms with Crippen molar-refractivity contribution < 1.29 is 22.4 Å². The van der Waals surface area contributed by atoms with Crippen LogP contribution in [0.4, 0.5) is 4.39 Å². The van der Waals surface area contributed by atoms with Crippen molar-refractivity contribution in [3.05, 3.63) is 66.0 Å². The predicted molar refractivity (Wildman–Crippen MR) is 107 cm³/mol. The Morgan fingerprint density at radius 3 is 2.43 bits per heavy atom. The lowest BCUT2D eigenvalue weighted by Crippen LogP contribution is -2.70. The van der Waals surface area contributed by atoms with E-state index in [1.165, 1.54) is 28.0 Å². The minimum absolute atomic E-state index is 0.0517. The zero-order chi connectivity index (χ0) is 21.5. The molecule has 2 aliphatic heterocycles. The highest BCUT2D eigenvalue weighted by molar-refractivity contribution is 7.89. The molecule has 7 nitrogen and oxygen atoms in total. The summed E-state index contributed by atoms with van der Waals surface area (Å²) in [5.74, 6) is -1.13. The lowest BCUT2D eigenvalue weighted by molar-refractivity contribution is -0.162. The van der Waals surface area contributed by atoms with Crippen molar-refractivity contribution in [2.75, 3.05) is 26.7 Å². The van der Waals surface area contributed by atoms with Gasteiger partial charge in [0.2, 0.25) is 21.8 Å². The monoisotopic (exact) mass is 431 g/mol. The van der Waals surface area contributed by atoms with Gasteiger partial charge >= 0.3 is 0 Å². The third-order valence-electron chi connectivity index (χ3n) is 5.72. The summed E-state index contributed by atoms with van der Waals surface area (Å²) in [6.45, 7) is 0.0187. The van der Waals surface area contributed by atoms with Crippen LogP contribution >= 0.6 is 0 Å². The average Bonchev–Trinajstić information content (AvgIpc) is 2.75. The van der Waals surface area contributed by atoms with Crippen LogP contribution < -0.4 is 0 Å². The van der Waals surface area contributed by atoms with Gasteiger partial charge in [0, 0.05) is 33.1 Å². The molecular formula is C21H22FN3O4S. The highest BCUT2D eigenvalue weighted by Crippen LogP contribution is 2.26. The third kappa shape index (κ3) is 3.59. The Morgan fingerprint density at radius 1 is 1.00 bits per heavy atom. The molecule has 9 heteroatoms. The molecule has 2 aliphatic rings. The summed E-state index contributed by atoms with van der Waals surface area (Å²) in [5.41, 5.74) is 0.946. The molecule has 158 valence electrons. The average molecular weight is 431 g/mol. The van der Waals surface area contributed by atoms with E-state index in [0.29, 0.717) is 6.42 Å². The van der Waals surface area contributed by atoms with Gasteiger partial charge in [0.25, 0.3) is 0 Å². The molecule has 2 amide bonds. The van der Waals surface area contributed by atoms with Gasteiger partial charge in [-0.15, -0.1) is 0 Å². The maximum Gasteiger partial charge on any atom is 0.247 e. The minimum Gasteiger partial charge on any atom is -0.332 e. The van der Waals surface area contributed by atoms with Crippen LogP contribution in [0.15, 0.2) is 59.5 Å². The van der Waals surface area contributed by atoms with Crippen LogP contribution in [0.1, 0.15) is 5.56 Å². The van der Waals surface area contributed by atoms with E-state index in [9.17, 15) is 22.4 Å².